The van der Waals surface area contributed by atoms with E-state index in [2.05, 4.69) is 5.10 Å². The molecule has 4 rings (SSSR count). The molecule has 0 aliphatic heterocycles. The van der Waals surface area contributed by atoms with Gasteiger partial charge in [-0.15, -0.1) is 0 Å². The lowest BCUT2D eigenvalue weighted by Crippen LogP contribution is -2.42. The summed E-state index contributed by atoms with van der Waals surface area (Å²) in [5.41, 5.74) is -2.76. The number of esters is 1. The molecule has 13 heteroatoms. The number of halogens is 3. The van der Waals surface area contributed by atoms with Gasteiger partial charge in [-0.05, 0) is 70.0 Å². The van der Waals surface area contributed by atoms with E-state index in [1.54, 1.807) is 45.9 Å². The topological polar surface area (TPSA) is 114 Å². The van der Waals surface area contributed by atoms with Crippen LogP contribution in [0, 0.1) is 6.92 Å². The molecule has 2 aromatic heterocycles. The minimum atomic E-state index is -4.64. The fourth-order valence-electron chi connectivity index (χ4n) is 4.29. The third-order valence-electron chi connectivity index (χ3n) is 6.36. The molecule has 0 fully saturated rings. The highest BCUT2D eigenvalue weighted by Crippen LogP contribution is 2.33. The molecule has 0 radical (unpaired) electrons. The van der Waals surface area contributed by atoms with Crippen LogP contribution in [-0.4, -0.2) is 43.2 Å². The van der Waals surface area contributed by atoms with Crippen molar-refractivity contribution in [2.75, 3.05) is 6.61 Å². The lowest BCUT2D eigenvalue weighted by atomic mass is 10.0. The highest BCUT2D eigenvalue weighted by atomic mass is 19.4. The SMILES string of the molecule is CCOC(=O)c1cn(-c2ccc(-c3ccn(C(=O)OC(C)(C)C)n3)cc2)c(=O)n(Cc2cccc(C(F)(F)F)c2C)c1=O. The lowest BCUT2D eigenvalue weighted by Gasteiger charge is -2.18. The molecule has 10 nitrogen and oxygen atoms in total. The number of ether oxygens (including phenoxy) is 2. The van der Waals surface area contributed by atoms with E-state index in [-0.39, 0.29) is 23.4 Å². The van der Waals surface area contributed by atoms with E-state index in [0.717, 1.165) is 21.5 Å². The molecule has 0 spiro atoms. The van der Waals surface area contributed by atoms with E-state index >= 15 is 0 Å². The fraction of sp³-hybridized carbons (Fsp3) is 0.300. The van der Waals surface area contributed by atoms with Crippen LogP contribution in [0.4, 0.5) is 18.0 Å². The smallest absolute Gasteiger partial charge is 0.435 e. The van der Waals surface area contributed by atoms with Gasteiger partial charge in [0.05, 0.1) is 30.1 Å². The second-order valence-corrected chi connectivity index (χ2v) is 10.6. The van der Waals surface area contributed by atoms with Crippen LogP contribution in [0.25, 0.3) is 16.9 Å². The zero-order valence-electron chi connectivity index (χ0n) is 24.1. The number of hydrogen-bond acceptors (Lipinski definition) is 7. The first-order chi connectivity index (χ1) is 20.1. The molecule has 0 unspecified atom stereocenters. The van der Waals surface area contributed by atoms with Crippen LogP contribution in [0.3, 0.4) is 0 Å². The summed E-state index contributed by atoms with van der Waals surface area (Å²) in [6.07, 6.45) is -2.81. The molecule has 0 aliphatic carbocycles. The molecule has 0 bridgehead atoms. The van der Waals surface area contributed by atoms with E-state index in [4.69, 9.17) is 9.47 Å². The Hall–Kier alpha value is -4.94. The van der Waals surface area contributed by atoms with Gasteiger partial charge in [0.1, 0.15) is 11.2 Å². The van der Waals surface area contributed by atoms with Crippen LogP contribution in [0.1, 0.15) is 54.7 Å². The van der Waals surface area contributed by atoms with Gasteiger partial charge in [-0.3, -0.25) is 13.9 Å². The number of aromatic nitrogens is 4. The number of rotatable bonds is 6. The number of carbonyl (C=O) groups excluding carboxylic acids is 2. The van der Waals surface area contributed by atoms with Crippen molar-refractivity contribution >= 4 is 12.1 Å². The Morgan fingerprint density at radius 1 is 0.977 bits per heavy atom. The van der Waals surface area contributed by atoms with Gasteiger partial charge in [0, 0.05) is 18.0 Å². The summed E-state index contributed by atoms with van der Waals surface area (Å²) in [4.78, 5) is 51.8. The maximum Gasteiger partial charge on any atom is 0.435 e. The van der Waals surface area contributed by atoms with E-state index in [9.17, 15) is 32.3 Å². The predicted molar refractivity (Wildman–Crippen MR) is 150 cm³/mol. The third kappa shape index (κ3) is 6.76. The summed E-state index contributed by atoms with van der Waals surface area (Å²) < 4.78 is 53.6. The van der Waals surface area contributed by atoms with Crippen LogP contribution < -0.4 is 11.2 Å². The Bertz CT molecular complexity index is 1790. The van der Waals surface area contributed by atoms with Gasteiger partial charge in [-0.2, -0.15) is 23.0 Å². The fourth-order valence-corrected chi connectivity index (χ4v) is 4.29. The zero-order chi connectivity index (χ0) is 31.7. The summed E-state index contributed by atoms with van der Waals surface area (Å²) in [5.74, 6) is -0.986. The first-order valence-corrected chi connectivity index (χ1v) is 13.2. The number of hydrogen-bond donors (Lipinski definition) is 0. The summed E-state index contributed by atoms with van der Waals surface area (Å²) in [7, 11) is 0. The summed E-state index contributed by atoms with van der Waals surface area (Å²) in [6.45, 7) is 7.42. The molecule has 2 aromatic carbocycles. The average Bonchev–Trinajstić information content (AvgIpc) is 3.41. The van der Waals surface area contributed by atoms with Gasteiger partial charge in [0.15, 0.2) is 0 Å². The maximum atomic E-state index is 13.6. The van der Waals surface area contributed by atoms with Crippen molar-refractivity contribution in [1.82, 2.24) is 18.9 Å². The third-order valence-corrected chi connectivity index (χ3v) is 6.36. The molecule has 0 saturated carbocycles. The summed E-state index contributed by atoms with van der Waals surface area (Å²) in [5, 5.41) is 4.23. The van der Waals surface area contributed by atoms with Crippen molar-refractivity contribution in [3.05, 3.63) is 104 Å². The molecular formula is C30H29F3N4O6. The maximum absolute atomic E-state index is 13.6. The number of alkyl halides is 3. The van der Waals surface area contributed by atoms with Crippen LogP contribution >= 0.6 is 0 Å². The molecule has 0 N–H and O–H groups in total. The Labute approximate surface area is 243 Å². The first-order valence-electron chi connectivity index (χ1n) is 13.2. The number of nitrogens with zero attached hydrogens (tertiary/aromatic N) is 4. The number of carbonyl (C=O) groups is 2. The van der Waals surface area contributed by atoms with Gasteiger partial charge in [-0.25, -0.2) is 14.4 Å². The van der Waals surface area contributed by atoms with Gasteiger partial charge in [0.2, 0.25) is 0 Å². The van der Waals surface area contributed by atoms with E-state index in [1.165, 1.54) is 37.4 Å². The van der Waals surface area contributed by atoms with Crippen LogP contribution in [0.2, 0.25) is 0 Å². The molecule has 0 aliphatic rings. The summed E-state index contributed by atoms with van der Waals surface area (Å²) >= 11 is 0. The van der Waals surface area contributed by atoms with E-state index < -0.39 is 52.8 Å². The molecule has 4 aromatic rings. The Morgan fingerprint density at radius 2 is 1.65 bits per heavy atom. The monoisotopic (exact) mass is 598 g/mol. The molecular weight excluding hydrogens is 569 g/mol. The molecule has 0 amide bonds. The second kappa shape index (κ2) is 11.7. The predicted octanol–water partition coefficient (Wildman–Crippen LogP) is 5.20. The Balaban J connectivity index is 1.76. The van der Waals surface area contributed by atoms with Crippen molar-refractivity contribution in [2.45, 2.75) is 52.9 Å². The van der Waals surface area contributed by atoms with Crippen molar-refractivity contribution in [1.29, 1.82) is 0 Å². The standard InChI is InChI=1S/C30H29F3N4O6/c1-6-42-26(39)22-17-35(27(40)36(25(22)38)16-20-8-7-9-23(18(20)2)30(31,32)33)21-12-10-19(11-13-21)24-14-15-37(34-24)28(41)43-29(3,4)5/h7-15,17H,6,16H2,1-5H3. The number of benzene rings is 2. The molecule has 2 heterocycles. The van der Waals surface area contributed by atoms with E-state index in [0.29, 0.717) is 15.8 Å². The van der Waals surface area contributed by atoms with Crippen molar-refractivity contribution < 1.29 is 32.2 Å². The van der Waals surface area contributed by atoms with Gasteiger partial charge < -0.3 is 9.47 Å². The molecule has 0 saturated heterocycles. The highest BCUT2D eigenvalue weighted by Gasteiger charge is 2.33. The minimum Gasteiger partial charge on any atom is -0.462 e. The zero-order valence-corrected chi connectivity index (χ0v) is 24.1. The Kier molecular flexibility index (Phi) is 8.47. The quantitative estimate of drug-likeness (QED) is 0.280. The normalized spacial score (nSPS) is 11.8. The second-order valence-electron chi connectivity index (χ2n) is 10.6. The molecule has 43 heavy (non-hydrogen) atoms. The van der Waals surface area contributed by atoms with Crippen LogP contribution in [0.5, 0.6) is 0 Å². The molecule has 0 atom stereocenters. The highest BCUT2D eigenvalue weighted by molar-refractivity contribution is 5.88. The lowest BCUT2D eigenvalue weighted by molar-refractivity contribution is -0.138. The van der Waals surface area contributed by atoms with Crippen molar-refractivity contribution in [3.63, 3.8) is 0 Å². The van der Waals surface area contributed by atoms with Crippen LogP contribution in [0.15, 0.2) is 70.5 Å². The van der Waals surface area contributed by atoms with E-state index in [1.807, 2.05) is 0 Å². The first kappa shape index (κ1) is 31.0. The van der Waals surface area contributed by atoms with Crippen molar-refractivity contribution in [2.24, 2.45) is 0 Å². The van der Waals surface area contributed by atoms with Gasteiger partial charge in [-0.1, -0.05) is 24.3 Å². The minimum absolute atomic E-state index is 0.0468. The molecule has 226 valence electrons. The van der Waals surface area contributed by atoms with Gasteiger partial charge in [0.25, 0.3) is 5.56 Å². The largest absolute Gasteiger partial charge is 0.462 e. The Morgan fingerprint density at radius 3 is 2.26 bits per heavy atom. The summed E-state index contributed by atoms with van der Waals surface area (Å²) in [6, 6.07) is 11.4. The van der Waals surface area contributed by atoms with Crippen LogP contribution in [-0.2, 0) is 22.2 Å². The average molecular weight is 599 g/mol. The van der Waals surface area contributed by atoms with Gasteiger partial charge >= 0.3 is 23.9 Å². The van der Waals surface area contributed by atoms with Crippen molar-refractivity contribution in [3.8, 4) is 16.9 Å².